The molecule has 0 aliphatic carbocycles. The largest absolute Gasteiger partial charge is 0.396 e. The minimum atomic E-state index is -3.71. The van der Waals surface area contributed by atoms with E-state index in [2.05, 4.69) is 23.5 Å². The minimum Gasteiger partial charge on any atom is -0.396 e. The van der Waals surface area contributed by atoms with Gasteiger partial charge in [0.05, 0.1) is 15.7 Å². The van der Waals surface area contributed by atoms with Crippen LogP contribution in [0.3, 0.4) is 0 Å². The zero-order valence-electron chi connectivity index (χ0n) is 12.4. The van der Waals surface area contributed by atoms with Crippen LogP contribution in [0.25, 0.3) is 0 Å². The van der Waals surface area contributed by atoms with Gasteiger partial charge in [0.25, 0.3) is 0 Å². The normalized spacial score (nSPS) is 13.6. The number of sulfonamides is 1. The van der Waals surface area contributed by atoms with Gasteiger partial charge in [-0.2, -0.15) is 0 Å². The first kappa shape index (κ1) is 18.5. The second-order valence-corrected chi connectivity index (χ2v) is 7.43. The van der Waals surface area contributed by atoms with Crippen LogP contribution < -0.4 is 10.5 Å². The predicted molar refractivity (Wildman–Crippen MR) is 88.4 cm³/mol. The molecule has 0 aliphatic rings. The molecule has 1 aromatic carbocycles. The molecular weight excluding hydrogens is 333 g/mol. The Hall–Kier alpha value is -0.530. The van der Waals surface area contributed by atoms with Gasteiger partial charge >= 0.3 is 0 Å². The molecule has 0 fully saturated rings. The maximum absolute atomic E-state index is 12.2. The summed E-state index contributed by atoms with van der Waals surface area (Å²) in [6.45, 7) is 5.07. The Morgan fingerprint density at radius 1 is 1.38 bits per heavy atom. The SMILES string of the molecule is CCC(C)N(C)CCNS(=O)(=O)c1ccc(Cl)c(N)c1Cl. The molecule has 0 aliphatic heterocycles. The van der Waals surface area contributed by atoms with Crippen LogP contribution in [-0.2, 0) is 10.0 Å². The second kappa shape index (κ2) is 7.65. The Labute approximate surface area is 136 Å². The van der Waals surface area contributed by atoms with Crippen molar-refractivity contribution >= 4 is 38.9 Å². The highest BCUT2D eigenvalue weighted by Crippen LogP contribution is 2.32. The van der Waals surface area contributed by atoms with E-state index in [1.807, 2.05) is 7.05 Å². The van der Waals surface area contributed by atoms with Gasteiger partial charge in [-0.15, -0.1) is 0 Å². The fourth-order valence-corrected chi connectivity index (χ4v) is 3.51. The fourth-order valence-electron chi connectivity index (χ4n) is 1.72. The quantitative estimate of drug-likeness (QED) is 0.738. The minimum absolute atomic E-state index is 0.0507. The maximum atomic E-state index is 12.2. The van der Waals surface area contributed by atoms with Gasteiger partial charge in [-0.3, -0.25) is 0 Å². The van der Waals surface area contributed by atoms with E-state index < -0.39 is 10.0 Å². The highest BCUT2D eigenvalue weighted by molar-refractivity contribution is 7.89. The number of nitrogens with one attached hydrogen (secondary N) is 1. The van der Waals surface area contributed by atoms with Crippen LogP contribution >= 0.6 is 23.2 Å². The number of benzene rings is 1. The number of rotatable bonds is 7. The smallest absolute Gasteiger partial charge is 0.242 e. The lowest BCUT2D eigenvalue weighted by molar-refractivity contribution is 0.256. The highest BCUT2D eigenvalue weighted by Gasteiger charge is 2.20. The molecule has 0 aromatic heterocycles. The highest BCUT2D eigenvalue weighted by atomic mass is 35.5. The van der Waals surface area contributed by atoms with Crippen LogP contribution in [0.2, 0.25) is 10.0 Å². The predicted octanol–water partition coefficient (Wildman–Crippen LogP) is 2.58. The first-order valence-corrected chi connectivity index (χ1v) is 8.88. The number of anilines is 1. The molecule has 5 nitrogen and oxygen atoms in total. The van der Waals surface area contributed by atoms with E-state index in [1.54, 1.807) is 0 Å². The van der Waals surface area contributed by atoms with Gasteiger partial charge in [0, 0.05) is 19.1 Å². The van der Waals surface area contributed by atoms with Crippen molar-refractivity contribution in [3.05, 3.63) is 22.2 Å². The summed E-state index contributed by atoms with van der Waals surface area (Å²) >= 11 is 11.8. The zero-order valence-corrected chi connectivity index (χ0v) is 14.7. The summed E-state index contributed by atoms with van der Waals surface area (Å²) in [6.07, 6.45) is 1.00. The van der Waals surface area contributed by atoms with Crippen LogP contribution in [-0.4, -0.2) is 39.5 Å². The second-order valence-electron chi connectivity index (χ2n) is 4.91. The van der Waals surface area contributed by atoms with Crippen molar-refractivity contribution in [3.63, 3.8) is 0 Å². The van der Waals surface area contributed by atoms with Crippen molar-refractivity contribution in [2.45, 2.75) is 31.2 Å². The van der Waals surface area contributed by atoms with E-state index in [9.17, 15) is 8.42 Å². The molecule has 1 aromatic rings. The molecule has 1 rings (SSSR count). The third kappa shape index (κ3) is 4.72. The Kier molecular flexibility index (Phi) is 6.74. The molecule has 21 heavy (non-hydrogen) atoms. The summed E-state index contributed by atoms with van der Waals surface area (Å²) in [5, 5.41) is 0.181. The van der Waals surface area contributed by atoms with Crippen molar-refractivity contribution in [3.8, 4) is 0 Å². The van der Waals surface area contributed by atoms with E-state index in [1.165, 1.54) is 12.1 Å². The Morgan fingerprint density at radius 2 is 2.00 bits per heavy atom. The summed E-state index contributed by atoms with van der Waals surface area (Å²) in [4.78, 5) is 2.03. The van der Waals surface area contributed by atoms with Crippen LogP contribution in [0.5, 0.6) is 0 Å². The van der Waals surface area contributed by atoms with Crippen LogP contribution in [0.1, 0.15) is 20.3 Å². The number of halogens is 2. The number of likely N-dealkylation sites (N-methyl/N-ethyl adjacent to an activating group) is 1. The fraction of sp³-hybridized carbons (Fsp3) is 0.538. The van der Waals surface area contributed by atoms with Crippen molar-refractivity contribution in [1.82, 2.24) is 9.62 Å². The third-order valence-corrected chi connectivity index (χ3v) is 5.83. The molecule has 1 atom stereocenters. The summed E-state index contributed by atoms with van der Waals surface area (Å²) in [5.74, 6) is 0. The van der Waals surface area contributed by atoms with Gasteiger partial charge in [-0.25, -0.2) is 13.1 Å². The number of hydrogen-bond acceptors (Lipinski definition) is 4. The van der Waals surface area contributed by atoms with E-state index in [0.717, 1.165) is 6.42 Å². The Morgan fingerprint density at radius 3 is 2.57 bits per heavy atom. The molecule has 0 saturated carbocycles. The molecule has 8 heteroatoms. The molecule has 0 saturated heterocycles. The average Bonchev–Trinajstić information content (AvgIpc) is 2.43. The summed E-state index contributed by atoms with van der Waals surface area (Å²) in [7, 11) is -1.75. The van der Waals surface area contributed by atoms with Crippen molar-refractivity contribution in [1.29, 1.82) is 0 Å². The molecule has 0 spiro atoms. The monoisotopic (exact) mass is 353 g/mol. The number of nitrogen functional groups attached to an aromatic ring is 1. The Balaban J connectivity index is 2.77. The van der Waals surface area contributed by atoms with Gasteiger partial charge < -0.3 is 10.6 Å². The first-order chi connectivity index (χ1) is 9.70. The lowest BCUT2D eigenvalue weighted by Gasteiger charge is -2.23. The van der Waals surface area contributed by atoms with E-state index in [-0.39, 0.29) is 20.6 Å². The van der Waals surface area contributed by atoms with Gasteiger partial charge in [-0.1, -0.05) is 30.1 Å². The third-order valence-electron chi connectivity index (χ3n) is 3.48. The molecule has 120 valence electrons. The standard InChI is InChI=1S/C13H21Cl2N3O2S/c1-4-9(2)18(3)8-7-17-21(19,20)11-6-5-10(14)13(16)12(11)15/h5-6,9,17H,4,7-8,16H2,1-3H3. The van der Waals surface area contributed by atoms with E-state index >= 15 is 0 Å². The van der Waals surface area contributed by atoms with E-state index in [0.29, 0.717) is 19.1 Å². The van der Waals surface area contributed by atoms with Gasteiger partial charge in [0.1, 0.15) is 4.90 Å². The van der Waals surface area contributed by atoms with Gasteiger partial charge in [0.15, 0.2) is 0 Å². The maximum Gasteiger partial charge on any atom is 0.242 e. The Bertz CT molecular complexity index is 593. The van der Waals surface area contributed by atoms with Gasteiger partial charge in [-0.05, 0) is 32.5 Å². The molecule has 0 heterocycles. The van der Waals surface area contributed by atoms with Gasteiger partial charge in [0.2, 0.25) is 10.0 Å². The number of nitrogens with zero attached hydrogens (tertiary/aromatic N) is 1. The summed E-state index contributed by atoms with van der Waals surface area (Å²) in [5.41, 5.74) is 5.72. The number of nitrogens with two attached hydrogens (primary N) is 1. The van der Waals surface area contributed by atoms with Crippen molar-refractivity contribution < 1.29 is 8.42 Å². The average molecular weight is 354 g/mol. The number of hydrogen-bond donors (Lipinski definition) is 2. The topological polar surface area (TPSA) is 75.4 Å². The van der Waals surface area contributed by atoms with Crippen LogP contribution in [0.4, 0.5) is 5.69 Å². The van der Waals surface area contributed by atoms with Crippen LogP contribution in [0.15, 0.2) is 17.0 Å². The summed E-state index contributed by atoms with van der Waals surface area (Å²) in [6, 6.07) is 3.16. The molecule has 3 N–H and O–H groups in total. The molecule has 0 bridgehead atoms. The molecule has 0 radical (unpaired) electrons. The molecule has 1 unspecified atom stereocenters. The lowest BCUT2D eigenvalue weighted by atomic mass is 10.2. The zero-order chi connectivity index (χ0) is 16.2. The van der Waals surface area contributed by atoms with Crippen LogP contribution in [0, 0.1) is 0 Å². The van der Waals surface area contributed by atoms with E-state index in [4.69, 9.17) is 28.9 Å². The van der Waals surface area contributed by atoms with Crippen molar-refractivity contribution in [2.24, 2.45) is 0 Å². The van der Waals surface area contributed by atoms with Crippen molar-refractivity contribution in [2.75, 3.05) is 25.9 Å². The first-order valence-electron chi connectivity index (χ1n) is 6.64. The molecule has 0 amide bonds. The lowest BCUT2D eigenvalue weighted by Crippen LogP contribution is -2.37. The summed E-state index contributed by atoms with van der Waals surface area (Å²) < 4.78 is 27.0. The molecular formula is C13H21Cl2N3O2S.